The van der Waals surface area contributed by atoms with Gasteiger partial charge in [-0.2, -0.15) is 0 Å². The van der Waals surface area contributed by atoms with Gasteiger partial charge in [0.15, 0.2) is 0 Å². The zero-order chi connectivity index (χ0) is 15.1. The highest BCUT2D eigenvalue weighted by atomic mass is 16.4. The molecule has 0 aromatic heterocycles. The van der Waals surface area contributed by atoms with Gasteiger partial charge in [0.1, 0.15) is 0 Å². The minimum Gasteiger partial charge on any atom is -0.481 e. The van der Waals surface area contributed by atoms with Crippen LogP contribution in [0.1, 0.15) is 6.42 Å². The minimum absolute atomic E-state index is 0.0969. The van der Waals surface area contributed by atoms with Gasteiger partial charge in [-0.1, -0.05) is 42.5 Å². The summed E-state index contributed by atoms with van der Waals surface area (Å²) in [7, 11) is 0. The van der Waals surface area contributed by atoms with Crippen LogP contribution in [0, 0.1) is 0 Å². The molecule has 0 atom stereocenters. The van der Waals surface area contributed by atoms with Gasteiger partial charge in [0.05, 0.1) is 6.42 Å². The normalized spacial score (nSPS) is 9.90. The number of anilines is 1. The second kappa shape index (κ2) is 7.09. The number of carbonyl (C=O) groups is 2. The van der Waals surface area contributed by atoms with Crippen LogP contribution in [-0.2, 0) is 4.79 Å². The van der Waals surface area contributed by atoms with Crippen LogP contribution < -0.4 is 10.6 Å². The van der Waals surface area contributed by atoms with E-state index in [4.69, 9.17) is 5.11 Å². The summed E-state index contributed by atoms with van der Waals surface area (Å²) in [4.78, 5) is 21.9. The predicted molar refractivity (Wildman–Crippen MR) is 81.2 cm³/mol. The maximum atomic E-state index is 11.5. The van der Waals surface area contributed by atoms with Crippen molar-refractivity contribution in [1.29, 1.82) is 0 Å². The van der Waals surface area contributed by atoms with Crippen LogP contribution in [0.15, 0.2) is 54.6 Å². The molecule has 0 fully saturated rings. The molecule has 0 aliphatic heterocycles. The standard InChI is InChI=1S/C16H16N2O3/c19-15(20)10-11-17-16(21)18-14-8-6-13(7-9-14)12-4-2-1-3-5-12/h1-9H,10-11H2,(H,19,20)(H2,17,18,21). The number of amides is 2. The van der Waals surface area contributed by atoms with Gasteiger partial charge in [0, 0.05) is 12.2 Å². The highest BCUT2D eigenvalue weighted by Gasteiger charge is 2.03. The highest BCUT2D eigenvalue weighted by Crippen LogP contribution is 2.20. The van der Waals surface area contributed by atoms with Crippen LogP contribution in [0.5, 0.6) is 0 Å². The Morgan fingerprint density at radius 2 is 1.52 bits per heavy atom. The topological polar surface area (TPSA) is 78.4 Å². The molecule has 2 rings (SSSR count). The van der Waals surface area contributed by atoms with Gasteiger partial charge in [0.25, 0.3) is 0 Å². The fourth-order valence-electron chi connectivity index (χ4n) is 1.83. The van der Waals surface area contributed by atoms with Crippen LogP contribution in [0.4, 0.5) is 10.5 Å². The van der Waals surface area contributed by atoms with Crippen molar-refractivity contribution in [1.82, 2.24) is 5.32 Å². The molecule has 2 aromatic carbocycles. The number of nitrogens with one attached hydrogen (secondary N) is 2. The lowest BCUT2D eigenvalue weighted by atomic mass is 10.1. The fraction of sp³-hybridized carbons (Fsp3) is 0.125. The van der Waals surface area contributed by atoms with Gasteiger partial charge in [0.2, 0.25) is 0 Å². The van der Waals surface area contributed by atoms with Crippen molar-refractivity contribution < 1.29 is 14.7 Å². The van der Waals surface area contributed by atoms with Crippen LogP contribution in [0.3, 0.4) is 0 Å². The molecule has 0 saturated carbocycles. The summed E-state index contributed by atoms with van der Waals surface area (Å²) in [6.07, 6.45) is -0.0969. The summed E-state index contributed by atoms with van der Waals surface area (Å²) in [5, 5.41) is 13.6. The van der Waals surface area contributed by atoms with Crippen molar-refractivity contribution in [2.45, 2.75) is 6.42 Å². The Kier molecular flexibility index (Phi) is 4.93. The van der Waals surface area contributed by atoms with Crippen LogP contribution in [0.2, 0.25) is 0 Å². The molecule has 2 aromatic rings. The van der Waals surface area contributed by atoms with Gasteiger partial charge in [-0.25, -0.2) is 4.79 Å². The molecular formula is C16H16N2O3. The molecule has 3 N–H and O–H groups in total. The number of hydrogen-bond acceptors (Lipinski definition) is 2. The van der Waals surface area contributed by atoms with Crippen LogP contribution in [0.25, 0.3) is 11.1 Å². The lowest BCUT2D eigenvalue weighted by Gasteiger charge is -2.07. The van der Waals surface area contributed by atoms with E-state index in [1.807, 2.05) is 42.5 Å². The third-order valence-electron chi connectivity index (χ3n) is 2.87. The molecule has 5 heteroatoms. The minimum atomic E-state index is -0.942. The highest BCUT2D eigenvalue weighted by molar-refractivity contribution is 5.89. The number of hydrogen-bond donors (Lipinski definition) is 3. The summed E-state index contributed by atoms with van der Waals surface area (Å²) in [6.45, 7) is 0.100. The number of benzene rings is 2. The summed E-state index contributed by atoms with van der Waals surface area (Å²) in [6, 6.07) is 17.0. The molecule has 0 heterocycles. The molecule has 0 bridgehead atoms. The fourth-order valence-corrected chi connectivity index (χ4v) is 1.83. The lowest BCUT2D eigenvalue weighted by molar-refractivity contribution is -0.136. The maximum Gasteiger partial charge on any atom is 0.319 e. The van der Waals surface area contributed by atoms with E-state index in [0.717, 1.165) is 11.1 Å². The Labute approximate surface area is 122 Å². The molecule has 0 unspecified atom stereocenters. The van der Waals surface area contributed by atoms with E-state index in [-0.39, 0.29) is 13.0 Å². The maximum absolute atomic E-state index is 11.5. The number of carboxylic acids is 1. The van der Waals surface area contributed by atoms with E-state index in [1.165, 1.54) is 0 Å². The van der Waals surface area contributed by atoms with E-state index < -0.39 is 12.0 Å². The van der Waals surface area contributed by atoms with Crippen LogP contribution in [-0.4, -0.2) is 23.7 Å². The Bertz CT molecular complexity index is 609. The van der Waals surface area contributed by atoms with Crippen LogP contribution >= 0.6 is 0 Å². The Hall–Kier alpha value is -2.82. The number of carboxylic acid groups (broad SMARTS) is 1. The summed E-state index contributed by atoms with van der Waals surface area (Å²) >= 11 is 0. The SMILES string of the molecule is O=C(O)CCNC(=O)Nc1ccc(-c2ccccc2)cc1. The van der Waals surface area contributed by atoms with Crippen molar-refractivity contribution in [3.05, 3.63) is 54.6 Å². The van der Waals surface area contributed by atoms with E-state index in [1.54, 1.807) is 12.1 Å². The number of rotatable bonds is 5. The second-order valence-electron chi connectivity index (χ2n) is 4.47. The van der Waals surface area contributed by atoms with Gasteiger partial charge < -0.3 is 15.7 Å². The second-order valence-corrected chi connectivity index (χ2v) is 4.47. The number of aliphatic carboxylic acids is 1. The molecule has 0 radical (unpaired) electrons. The first-order valence-corrected chi connectivity index (χ1v) is 6.57. The average Bonchev–Trinajstić information content (AvgIpc) is 2.48. The molecule has 21 heavy (non-hydrogen) atoms. The van der Waals surface area contributed by atoms with Crippen molar-refractivity contribution in [2.24, 2.45) is 0 Å². The number of carbonyl (C=O) groups excluding carboxylic acids is 1. The zero-order valence-electron chi connectivity index (χ0n) is 11.4. The molecule has 0 aliphatic rings. The zero-order valence-corrected chi connectivity index (χ0v) is 11.4. The van der Waals surface area contributed by atoms with Gasteiger partial charge in [-0.05, 0) is 23.3 Å². The Balaban J connectivity index is 1.91. The third-order valence-corrected chi connectivity index (χ3v) is 2.87. The van der Waals surface area contributed by atoms with Gasteiger partial charge >= 0.3 is 12.0 Å². The smallest absolute Gasteiger partial charge is 0.319 e. The quantitative estimate of drug-likeness (QED) is 0.789. The summed E-state index contributed by atoms with van der Waals surface area (Å²) in [5.74, 6) is -0.942. The van der Waals surface area contributed by atoms with E-state index >= 15 is 0 Å². The molecular weight excluding hydrogens is 268 g/mol. The Morgan fingerprint density at radius 3 is 2.14 bits per heavy atom. The molecule has 2 amide bonds. The predicted octanol–water partition coefficient (Wildman–Crippen LogP) is 2.95. The van der Waals surface area contributed by atoms with Gasteiger partial charge in [-0.3, -0.25) is 4.79 Å². The van der Waals surface area contributed by atoms with Crippen molar-refractivity contribution in [2.75, 3.05) is 11.9 Å². The lowest BCUT2D eigenvalue weighted by Crippen LogP contribution is -2.30. The van der Waals surface area contributed by atoms with E-state index in [0.29, 0.717) is 5.69 Å². The average molecular weight is 284 g/mol. The summed E-state index contributed by atoms with van der Waals surface area (Å²) < 4.78 is 0. The van der Waals surface area contributed by atoms with Crippen molar-refractivity contribution in [3.8, 4) is 11.1 Å². The molecule has 0 saturated heterocycles. The molecule has 0 aliphatic carbocycles. The molecule has 108 valence electrons. The first-order chi connectivity index (χ1) is 10.1. The largest absolute Gasteiger partial charge is 0.481 e. The Morgan fingerprint density at radius 1 is 0.905 bits per heavy atom. The third kappa shape index (κ3) is 4.65. The van der Waals surface area contributed by atoms with Gasteiger partial charge in [-0.15, -0.1) is 0 Å². The number of urea groups is 1. The first-order valence-electron chi connectivity index (χ1n) is 6.57. The molecule has 5 nitrogen and oxygen atoms in total. The van der Waals surface area contributed by atoms with E-state index in [2.05, 4.69) is 10.6 Å². The summed E-state index contributed by atoms with van der Waals surface area (Å²) in [5.41, 5.74) is 2.82. The first kappa shape index (κ1) is 14.6. The van der Waals surface area contributed by atoms with E-state index in [9.17, 15) is 9.59 Å². The molecule has 0 spiro atoms. The monoisotopic (exact) mass is 284 g/mol. The van der Waals surface area contributed by atoms with Crippen molar-refractivity contribution >= 4 is 17.7 Å². The van der Waals surface area contributed by atoms with Crippen molar-refractivity contribution in [3.63, 3.8) is 0 Å².